The van der Waals surface area contributed by atoms with Crippen LogP contribution in [0.3, 0.4) is 0 Å². The minimum atomic E-state index is 0.261. The molecule has 0 fully saturated rings. The van der Waals surface area contributed by atoms with Gasteiger partial charge in [-0.25, -0.2) is 0 Å². The Morgan fingerprint density at radius 2 is 1.03 bits per heavy atom. The number of fused-ring (bicyclic) bond motifs is 3. The summed E-state index contributed by atoms with van der Waals surface area (Å²) in [5.41, 5.74) is 9.19. The quantitative estimate of drug-likeness (QED) is 0.217. The molecule has 0 N–H and O–H groups in total. The van der Waals surface area contributed by atoms with Crippen LogP contribution in [0.1, 0.15) is 28.2 Å². The average Bonchev–Trinajstić information content (AvgIpc) is 3.32. The maximum atomic E-state index is 3.57. The molecule has 0 aliphatic heterocycles. The number of hydrogen-bond donors (Lipinski definition) is 0. The summed E-state index contributed by atoms with van der Waals surface area (Å²) < 4.78 is 1.11. The van der Waals surface area contributed by atoms with E-state index in [1.807, 2.05) is 0 Å². The van der Waals surface area contributed by atoms with Crippen LogP contribution in [0.15, 0.2) is 132 Å². The number of rotatable bonds is 3. The van der Waals surface area contributed by atoms with Crippen molar-refractivity contribution in [3.63, 3.8) is 0 Å². The number of halogens is 1. The normalized spacial score (nSPS) is 14.7. The van der Waals surface area contributed by atoms with Gasteiger partial charge in [0.2, 0.25) is 0 Å². The first-order chi connectivity index (χ1) is 17.7. The third kappa shape index (κ3) is 3.68. The van der Waals surface area contributed by atoms with Gasteiger partial charge >= 0.3 is 0 Å². The highest BCUT2D eigenvalue weighted by Crippen LogP contribution is 2.46. The number of hydrogen-bond acceptors (Lipinski definition) is 0. The summed E-state index contributed by atoms with van der Waals surface area (Å²) in [6.45, 7) is 0. The van der Waals surface area contributed by atoms with Crippen LogP contribution in [0, 0.1) is 0 Å². The summed E-state index contributed by atoms with van der Waals surface area (Å²) in [5, 5.41) is 5.03. The molecular formula is C35H23Br. The molecule has 0 spiro atoms. The minimum Gasteiger partial charge on any atom is -0.0622 e. The highest BCUT2D eigenvalue weighted by molar-refractivity contribution is 9.10. The average molecular weight is 523 g/mol. The molecule has 1 atom stereocenters. The topological polar surface area (TPSA) is 0 Å². The highest BCUT2D eigenvalue weighted by Gasteiger charge is 2.27. The van der Waals surface area contributed by atoms with E-state index in [1.54, 1.807) is 0 Å². The van der Waals surface area contributed by atoms with E-state index >= 15 is 0 Å². The molecule has 0 nitrogen and oxygen atoms in total. The summed E-state index contributed by atoms with van der Waals surface area (Å²) >= 11 is 3.57. The monoisotopic (exact) mass is 522 g/mol. The second-order valence-electron chi connectivity index (χ2n) is 9.56. The Kier molecular flexibility index (Phi) is 5.11. The van der Waals surface area contributed by atoms with Crippen molar-refractivity contribution in [1.29, 1.82) is 0 Å². The lowest BCUT2D eigenvalue weighted by atomic mass is 9.85. The molecule has 0 saturated carbocycles. The lowest BCUT2D eigenvalue weighted by Gasteiger charge is -2.18. The van der Waals surface area contributed by atoms with Gasteiger partial charge < -0.3 is 0 Å². The van der Waals surface area contributed by atoms with E-state index in [0.717, 1.165) is 4.47 Å². The van der Waals surface area contributed by atoms with Crippen LogP contribution in [0.25, 0.3) is 44.3 Å². The van der Waals surface area contributed by atoms with Gasteiger partial charge in [-0.15, -0.1) is 0 Å². The fraction of sp³-hybridized carbons (Fsp3) is 0.0286. The van der Waals surface area contributed by atoms with Gasteiger partial charge in [0.25, 0.3) is 0 Å². The van der Waals surface area contributed by atoms with Gasteiger partial charge in [0, 0.05) is 10.4 Å². The molecule has 6 aromatic carbocycles. The Balaban J connectivity index is 1.29. The van der Waals surface area contributed by atoms with Crippen LogP contribution in [0.5, 0.6) is 0 Å². The zero-order valence-corrected chi connectivity index (χ0v) is 21.2. The van der Waals surface area contributed by atoms with Gasteiger partial charge in [-0.2, -0.15) is 0 Å². The first-order valence-electron chi connectivity index (χ1n) is 12.3. The first-order valence-corrected chi connectivity index (χ1v) is 13.1. The molecule has 1 aliphatic rings. The second-order valence-corrected chi connectivity index (χ2v) is 10.5. The van der Waals surface area contributed by atoms with Crippen molar-refractivity contribution in [3.8, 4) is 11.1 Å². The molecule has 1 aliphatic carbocycles. The first kappa shape index (κ1) is 21.4. The Bertz CT molecular complexity index is 1790. The van der Waals surface area contributed by atoms with Crippen molar-refractivity contribution >= 4 is 49.1 Å². The molecule has 170 valence electrons. The Hall–Kier alpha value is -3.94. The SMILES string of the molecule is Brc1ccc2cc(-c3ccc4cc(C5=Cc6ccccc6C5c5ccccc5)ccc4c3)ccc2c1. The summed E-state index contributed by atoms with van der Waals surface area (Å²) in [6, 6.07) is 46.5. The van der Waals surface area contributed by atoms with Crippen molar-refractivity contribution in [2.24, 2.45) is 0 Å². The zero-order valence-electron chi connectivity index (χ0n) is 19.7. The van der Waals surface area contributed by atoms with Gasteiger partial charge in [-0.05, 0) is 96.9 Å². The third-order valence-corrected chi connectivity index (χ3v) is 7.86. The van der Waals surface area contributed by atoms with Crippen LogP contribution in [0.4, 0.5) is 0 Å². The molecule has 1 unspecified atom stereocenters. The maximum absolute atomic E-state index is 3.57. The van der Waals surface area contributed by atoms with E-state index in [2.05, 4.69) is 149 Å². The Labute approximate surface area is 219 Å². The van der Waals surface area contributed by atoms with Crippen LogP contribution in [-0.4, -0.2) is 0 Å². The van der Waals surface area contributed by atoms with Gasteiger partial charge in [-0.1, -0.05) is 113 Å². The van der Waals surface area contributed by atoms with Crippen LogP contribution >= 0.6 is 15.9 Å². The Morgan fingerprint density at radius 1 is 0.472 bits per heavy atom. The van der Waals surface area contributed by atoms with E-state index in [0.29, 0.717) is 0 Å². The Morgan fingerprint density at radius 3 is 1.75 bits per heavy atom. The number of benzene rings is 6. The van der Waals surface area contributed by atoms with E-state index < -0.39 is 0 Å². The van der Waals surface area contributed by atoms with E-state index in [1.165, 1.54) is 60.5 Å². The van der Waals surface area contributed by atoms with Crippen LogP contribution in [0.2, 0.25) is 0 Å². The molecule has 0 heterocycles. The van der Waals surface area contributed by atoms with Crippen molar-refractivity contribution in [2.75, 3.05) is 0 Å². The maximum Gasteiger partial charge on any atom is 0.0352 e. The predicted molar refractivity (Wildman–Crippen MR) is 157 cm³/mol. The molecule has 7 rings (SSSR count). The second kappa shape index (κ2) is 8.62. The largest absolute Gasteiger partial charge is 0.0622 e. The lowest BCUT2D eigenvalue weighted by molar-refractivity contribution is 1.07. The third-order valence-electron chi connectivity index (χ3n) is 7.37. The van der Waals surface area contributed by atoms with E-state index in [9.17, 15) is 0 Å². The molecular weight excluding hydrogens is 500 g/mol. The smallest absolute Gasteiger partial charge is 0.0352 e. The zero-order chi connectivity index (χ0) is 24.1. The van der Waals surface area contributed by atoms with E-state index in [-0.39, 0.29) is 5.92 Å². The molecule has 6 aromatic rings. The van der Waals surface area contributed by atoms with Crippen molar-refractivity contribution in [1.82, 2.24) is 0 Å². The summed E-state index contributed by atoms with van der Waals surface area (Å²) in [6.07, 6.45) is 2.37. The van der Waals surface area contributed by atoms with Crippen LogP contribution in [-0.2, 0) is 0 Å². The minimum absolute atomic E-state index is 0.261. The predicted octanol–water partition coefficient (Wildman–Crippen LogP) is 10.1. The summed E-state index contributed by atoms with van der Waals surface area (Å²) in [7, 11) is 0. The lowest BCUT2D eigenvalue weighted by Crippen LogP contribution is -2.01. The van der Waals surface area contributed by atoms with Crippen molar-refractivity contribution < 1.29 is 0 Å². The molecule has 1 heteroatoms. The van der Waals surface area contributed by atoms with Crippen LogP contribution < -0.4 is 0 Å². The van der Waals surface area contributed by atoms with Gasteiger partial charge in [-0.3, -0.25) is 0 Å². The summed E-state index contributed by atoms with van der Waals surface area (Å²) in [5.74, 6) is 0.261. The van der Waals surface area contributed by atoms with Gasteiger partial charge in [0.1, 0.15) is 0 Å². The number of allylic oxidation sites excluding steroid dienone is 1. The molecule has 0 radical (unpaired) electrons. The fourth-order valence-electron chi connectivity index (χ4n) is 5.58. The fourth-order valence-corrected chi connectivity index (χ4v) is 5.96. The van der Waals surface area contributed by atoms with Crippen molar-refractivity contribution in [3.05, 3.63) is 154 Å². The standard InChI is InChI=1S/C35H23Br/c36-32-17-16-28-19-25(12-13-29(28)21-32)24-10-11-27-20-31(15-14-26(27)18-24)34-22-30-8-4-5-9-33(30)35(34)23-6-2-1-3-7-23/h1-22,35H. The van der Waals surface area contributed by atoms with E-state index in [4.69, 9.17) is 0 Å². The molecule has 36 heavy (non-hydrogen) atoms. The molecule has 0 bridgehead atoms. The summed E-state index contributed by atoms with van der Waals surface area (Å²) in [4.78, 5) is 0. The van der Waals surface area contributed by atoms with Gasteiger partial charge in [0.05, 0.1) is 0 Å². The molecule has 0 aromatic heterocycles. The molecule has 0 saturated heterocycles. The molecule has 0 amide bonds. The van der Waals surface area contributed by atoms with Gasteiger partial charge in [0.15, 0.2) is 0 Å². The van der Waals surface area contributed by atoms with Crippen molar-refractivity contribution in [2.45, 2.75) is 5.92 Å². The highest BCUT2D eigenvalue weighted by atomic mass is 79.9.